The molecule has 1 amide bonds. The van der Waals surface area contributed by atoms with Crippen LogP contribution in [0.2, 0.25) is 0 Å². The fourth-order valence-electron chi connectivity index (χ4n) is 3.69. The summed E-state index contributed by atoms with van der Waals surface area (Å²) in [5.74, 6) is 0.742. The standard InChI is InChI=1S/C16H18N4O3S/c1-10-15-13(11-2-5-17-6-3-11)8-14(21)18-16(15)20(19-10)12-4-7-24(22,23)9-12/h2-3,5-6,12-13H,4,7-9H2,1H3,(H,18,21)/t12-,13+/m1/s1. The van der Waals surface area contributed by atoms with Crippen molar-refractivity contribution in [1.29, 1.82) is 0 Å². The summed E-state index contributed by atoms with van der Waals surface area (Å²) in [7, 11) is -3.02. The molecule has 2 aliphatic heterocycles. The van der Waals surface area contributed by atoms with E-state index in [9.17, 15) is 13.2 Å². The second-order valence-electron chi connectivity index (χ2n) is 6.43. The lowest BCUT2D eigenvalue weighted by Gasteiger charge is -2.25. The second kappa shape index (κ2) is 5.41. The van der Waals surface area contributed by atoms with Gasteiger partial charge >= 0.3 is 0 Å². The molecule has 0 aromatic carbocycles. The number of anilines is 1. The van der Waals surface area contributed by atoms with Crippen LogP contribution in [0, 0.1) is 6.92 Å². The van der Waals surface area contributed by atoms with Crippen molar-refractivity contribution in [3.8, 4) is 0 Å². The summed E-state index contributed by atoms with van der Waals surface area (Å²) in [6, 6.07) is 3.60. The third-order valence-corrected chi connectivity index (χ3v) is 6.54. The number of aromatic nitrogens is 3. The lowest BCUT2D eigenvalue weighted by molar-refractivity contribution is -0.116. The maximum Gasteiger partial charge on any atom is 0.226 e. The first-order chi connectivity index (χ1) is 11.4. The van der Waals surface area contributed by atoms with Gasteiger partial charge in [-0.3, -0.25) is 9.78 Å². The molecule has 0 saturated carbocycles. The van der Waals surface area contributed by atoms with Crippen molar-refractivity contribution < 1.29 is 13.2 Å². The number of amides is 1. The number of hydrogen-bond donors (Lipinski definition) is 1. The van der Waals surface area contributed by atoms with Gasteiger partial charge in [-0.1, -0.05) is 0 Å². The monoisotopic (exact) mass is 346 g/mol. The molecule has 0 unspecified atom stereocenters. The predicted octanol–water partition coefficient (Wildman–Crippen LogP) is 1.42. The van der Waals surface area contributed by atoms with Gasteiger partial charge in [0, 0.05) is 30.3 Å². The first kappa shape index (κ1) is 15.3. The molecule has 2 aromatic heterocycles. The molecule has 1 N–H and O–H groups in total. The highest BCUT2D eigenvalue weighted by atomic mass is 32.2. The molecule has 0 bridgehead atoms. The van der Waals surface area contributed by atoms with Crippen molar-refractivity contribution >= 4 is 21.6 Å². The minimum Gasteiger partial charge on any atom is -0.311 e. The first-order valence-electron chi connectivity index (χ1n) is 7.94. The average molecular weight is 346 g/mol. The molecular formula is C16H18N4O3S. The molecule has 8 heteroatoms. The van der Waals surface area contributed by atoms with Gasteiger partial charge in [-0.05, 0) is 31.0 Å². The number of sulfone groups is 1. The van der Waals surface area contributed by atoms with Crippen LogP contribution in [0.4, 0.5) is 5.82 Å². The van der Waals surface area contributed by atoms with E-state index in [1.165, 1.54) is 0 Å². The summed E-state index contributed by atoms with van der Waals surface area (Å²) >= 11 is 0. The van der Waals surface area contributed by atoms with E-state index in [4.69, 9.17) is 0 Å². The predicted molar refractivity (Wildman–Crippen MR) is 88.6 cm³/mol. The summed E-state index contributed by atoms with van der Waals surface area (Å²) in [4.78, 5) is 16.3. The molecule has 4 heterocycles. The van der Waals surface area contributed by atoms with Gasteiger partial charge in [-0.2, -0.15) is 5.10 Å². The molecule has 24 heavy (non-hydrogen) atoms. The van der Waals surface area contributed by atoms with Crippen LogP contribution in [-0.4, -0.2) is 40.6 Å². The molecule has 0 aliphatic carbocycles. The van der Waals surface area contributed by atoms with Crippen molar-refractivity contribution in [2.24, 2.45) is 0 Å². The Balaban J connectivity index is 1.81. The number of fused-ring (bicyclic) bond motifs is 1. The van der Waals surface area contributed by atoms with Gasteiger partial charge < -0.3 is 5.32 Å². The molecule has 1 fully saturated rings. The average Bonchev–Trinajstić information content (AvgIpc) is 3.07. The summed E-state index contributed by atoms with van der Waals surface area (Å²) in [5.41, 5.74) is 2.82. The molecule has 1 saturated heterocycles. The fraction of sp³-hybridized carbons (Fsp3) is 0.438. The Bertz CT molecular complexity index is 905. The van der Waals surface area contributed by atoms with E-state index in [0.29, 0.717) is 18.7 Å². The van der Waals surface area contributed by atoms with Gasteiger partial charge in [0.2, 0.25) is 5.91 Å². The van der Waals surface area contributed by atoms with Gasteiger partial charge in [0.1, 0.15) is 5.82 Å². The molecular weight excluding hydrogens is 328 g/mol. The highest BCUT2D eigenvalue weighted by molar-refractivity contribution is 7.91. The van der Waals surface area contributed by atoms with Gasteiger partial charge in [-0.25, -0.2) is 13.1 Å². The van der Waals surface area contributed by atoms with E-state index >= 15 is 0 Å². The van der Waals surface area contributed by atoms with Crippen LogP contribution in [0.25, 0.3) is 0 Å². The third-order valence-electron chi connectivity index (χ3n) is 4.79. The van der Waals surface area contributed by atoms with Crippen LogP contribution in [0.15, 0.2) is 24.5 Å². The van der Waals surface area contributed by atoms with Crippen LogP contribution in [0.3, 0.4) is 0 Å². The molecule has 7 nitrogen and oxygen atoms in total. The summed E-state index contributed by atoms with van der Waals surface area (Å²) < 4.78 is 25.3. The Morgan fingerprint density at radius 1 is 1.29 bits per heavy atom. The Kier molecular flexibility index (Phi) is 3.45. The largest absolute Gasteiger partial charge is 0.311 e. The highest BCUT2D eigenvalue weighted by Gasteiger charge is 2.37. The molecule has 4 rings (SSSR count). The number of carbonyl (C=O) groups is 1. The van der Waals surface area contributed by atoms with E-state index in [2.05, 4.69) is 15.4 Å². The molecule has 126 valence electrons. The Morgan fingerprint density at radius 3 is 2.71 bits per heavy atom. The smallest absolute Gasteiger partial charge is 0.226 e. The number of carbonyl (C=O) groups excluding carboxylic acids is 1. The first-order valence-corrected chi connectivity index (χ1v) is 9.76. The molecule has 2 atom stereocenters. The maximum absolute atomic E-state index is 12.2. The highest BCUT2D eigenvalue weighted by Crippen LogP contribution is 2.41. The Morgan fingerprint density at radius 2 is 2.04 bits per heavy atom. The second-order valence-corrected chi connectivity index (χ2v) is 8.66. The van der Waals surface area contributed by atoms with Crippen LogP contribution in [0.1, 0.15) is 41.6 Å². The van der Waals surface area contributed by atoms with Crippen LogP contribution in [0.5, 0.6) is 0 Å². The number of hydrogen-bond acceptors (Lipinski definition) is 5. The van der Waals surface area contributed by atoms with Crippen molar-refractivity contribution in [2.75, 3.05) is 16.8 Å². The van der Waals surface area contributed by atoms with E-state index in [1.54, 1.807) is 17.1 Å². The summed E-state index contributed by atoms with van der Waals surface area (Å²) in [6.45, 7) is 1.91. The van der Waals surface area contributed by atoms with Gasteiger partial charge in [-0.15, -0.1) is 0 Å². The fourth-order valence-corrected chi connectivity index (χ4v) is 5.38. The molecule has 0 radical (unpaired) electrons. The normalized spacial score (nSPS) is 25.3. The number of nitrogens with one attached hydrogen (secondary N) is 1. The van der Waals surface area contributed by atoms with E-state index < -0.39 is 9.84 Å². The van der Waals surface area contributed by atoms with Crippen LogP contribution in [-0.2, 0) is 14.6 Å². The zero-order chi connectivity index (χ0) is 16.9. The molecule has 0 spiro atoms. The SMILES string of the molecule is Cc1nn([C@@H]2CCS(=O)(=O)C2)c2c1[C@H](c1ccncc1)CC(=O)N2. The topological polar surface area (TPSA) is 93.9 Å². The summed E-state index contributed by atoms with van der Waals surface area (Å²) in [5, 5.41) is 7.48. The van der Waals surface area contributed by atoms with Gasteiger partial charge in [0.05, 0.1) is 23.2 Å². The minimum atomic E-state index is -3.02. The Labute approximate surface area is 140 Å². The summed E-state index contributed by atoms with van der Waals surface area (Å²) in [6.07, 6.45) is 4.31. The van der Waals surface area contributed by atoms with E-state index in [1.807, 2.05) is 19.1 Å². The van der Waals surface area contributed by atoms with Gasteiger partial charge in [0.15, 0.2) is 9.84 Å². The van der Waals surface area contributed by atoms with Crippen LogP contribution >= 0.6 is 0 Å². The van der Waals surface area contributed by atoms with Crippen molar-refractivity contribution in [1.82, 2.24) is 14.8 Å². The lowest BCUT2D eigenvalue weighted by atomic mass is 9.86. The minimum absolute atomic E-state index is 0.0775. The molecule has 2 aromatic rings. The van der Waals surface area contributed by atoms with Crippen molar-refractivity contribution in [3.05, 3.63) is 41.3 Å². The number of rotatable bonds is 2. The zero-order valence-electron chi connectivity index (χ0n) is 13.3. The third kappa shape index (κ3) is 2.50. The number of aryl methyl sites for hydroxylation is 1. The quantitative estimate of drug-likeness (QED) is 0.887. The van der Waals surface area contributed by atoms with Crippen molar-refractivity contribution in [3.63, 3.8) is 0 Å². The molecule has 2 aliphatic rings. The van der Waals surface area contributed by atoms with Gasteiger partial charge in [0.25, 0.3) is 0 Å². The van der Waals surface area contributed by atoms with E-state index in [0.717, 1.165) is 16.8 Å². The number of nitrogens with zero attached hydrogens (tertiary/aromatic N) is 3. The lowest BCUT2D eigenvalue weighted by Crippen LogP contribution is -2.26. The zero-order valence-corrected chi connectivity index (χ0v) is 14.1. The van der Waals surface area contributed by atoms with Crippen LogP contribution < -0.4 is 5.32 Å². The van der Waals surface area contributed by atoms with E-state index in [-0.39, 0.29) is 29.4 Å². The number of pyridine rings is 1. The Hall–Kier alpha value is -2.22. The van der Waals surface area contributed by atoms with Crippen molar-refractivity contribution in [2.45, 2.75) is 31.7 Å². The maximum atomic E-state index is 12.2.